The molecule has 1 saturated heterocycles. The number of amides is 2. The fraction of sp³-hybridized carbons (Fsp3) is 0.692. The van der Waals surface area contributed by atoms with E-state index in [0.29, 0.717) is 13.1 Å². The molecule has 1 aromatic heterocycles. The molecule has 0 radical (unpaired) electrons. The molecule has 1 fully saturated rings. The van der Waals surface area contributed by atoms with E-state index in [0.717, 1.165) is 11.4 Å². The molecule has 2 amide bonds. The zero-order valence-electron chi connectivity index (χ0n) is 12.7. The van der Waals surface area contributed by atoms with Gasteiger partial charge in [-0.1, -0.05) is 6.92 Å². The summed E-state index contributed by atoms with van der Waals surface area (Å²) < 4.78 is 25.1. The van der Waals surface area contributed by atoms with Crippen LogP contribution in [-0.4, -0.2) is 53.7 Å². The van der Waals surface area contributed by atoms with Gasteiger partial charge in [-0.15, -0.1) is 0 Å². The highest BCUT2D eigenvalue weighted by atomic mass is 32.2. The number of carbonyl (C=O) groups is 1. The third kappa shape index (κ3) is 4.20. The van der Waals surface area contributed by atoms with Crippen molar-refractivity contribution >= 4 is 15.9 Å². The molecule has 1 unspecified atom stereocenters. The lowest BCUT2D eigenvalue weighted by Crippen LogP contribution is -2.42. The Labute approximate surface area is 125 Å². The van der Waals surface area contributed by atoms with Crippen LogP contribution in [0.1, 0.15) is 18.3 Å². The molecule has 1 aliphatic rings. The molecule has 8 heteroatoms. The van der Waals surface area contributed by atoms with Crippen molar-refractivity contribution in [3.8, 4) is 0 Å². The summed E-state index contributed by atoms with van der Waals surface area (Å²) in [5.74, 6) is 0.148. The zero-order valence-corrected chi connectivity index (χ0v) is 13.5. The molecule has 1 N–H and O–H groups in total. The second kappa shape index (κ2) is 6.05. The van der Waals surface area contributed by atoms with Crippen LogP contribution in [0.25, 0.3) is 0 Å². The number of urea groups is 1. The summed E-state index contributed by atoms with van der Waals surface area (Å²) in [6.45, 7) is 4.85. The minimum atomic E-state index is -3.04. The van der Waals surface area contributed by atoms with Gasteiger partial charge in [0.25, 0.3) is 0 Å². The van der Waals surface area contributed by atoms with Crippen LogP contribution in [0.2, 0.25) is 0 Å². The van der Waals surface area contributed by atoms with E-state index >= 15 is 0 Å². The highest BCUT2D eigenvalue weighted by Crippen LogP contribution is 2.11. The quantitative estimate of drug-likeness (QED) is 0.851. The lowest BCUT2D eigenvalue weighted by molar-refractivity contribution is 0.195. The first kappa shape index (κ1) is 15.8. The second-order valence-electron chi connectivity index (χ2n) is 5.72. The van der Waals surface area contributed by atoms with Crippen LogP contribution < -0.4 is 5.32 Å². The number of hydrogen-bond acceptors (Lipinski definition) is 4. The van der Waals surface area contributed by atoms with Gasteiger partial charge in [0.1, 0.15) is 0 Å². The Morgan fingerprint density at radius 2 is 2.24 bits per heavy atom. The number of carbonyl (C=O) groups excluding carboxylic acids is 1. The molecule has 1 aliphatic heterocycles. The van der Waals surface area contributed by atoms with Crippen molar-refractivity contribution in [1.82, 2.24) is 20.0 Å². The number of hydrogen-bond donors (Lipinski definition) is 1. The van der Waals surface area contributed by atoms with Crippen molar-refractivity contribution in [2.24, 2.45) is 13.0 Å². The molecule has 2 rings (SSSR count). The van der Waals surface area contributed by atoms with Gasteiger partial charge in [-0.05, 0) is 18.9 Å². The first-order valence-corrected chi connectivity index (χ1v) is 8.81. The Morgan fingerprint density at radius 1 is 1.52 bits per heavy atom. The predicted molar refractivity (Wildman–Crippen MR) is 79.6 cm³/mol. The van der Waals surface area contributed by atoms with E-state index in [1.807, 2.05) is 27.0 Å². The van der Waals surface area contributed by atoms with Crippen molar-refractivity contribution in [3.63, 3.8) is 0 Å². The molecule has 7 nitrogen and oxygen atoms in total. The van der Waals surface area contributed by atoms with Crippen molar-refractivity contribution in [2.75, 3.05) is 24.6 Å². The Hall–Kier alpha value is -1.57. The summed E-state index contributed by atoms with van der Waals surface area (Å²) in [5, 5.41) is 7.05. The van der Waals surface area contributed by atoms with E-state index in [1.54, 1.807) is 9.58 Å². The Balaban J connectivity index is 1.95. The predicted octanol–water partition coefficient (Wildman–Crippen LogP) is 0.305. The van der Waals surface area contributed by atoms with Gasteiger partial charge in [-0.3, -0.25) is 4.68 Å². The number of nitrogens with one attached hydrogen (secondary N) is 1. The van der Waals surface area contributed by atoms with E-state index in [2.05, 4.69) is 10.4 Å². The van der Waals surface area contributed by atoms with Crippen molar-refractivity contribution in [1.29, 1.82) is 0 Å². The molecule has 2 heterocycles. The van der Waals surface area contributed by atoms with Gasteiger partial charge in [0.2, 0.25) is 0 Å². The summed E-state index contributed by atoms with van der Waals surface area (Å²) in [7, 11) is -1.21. The molecule has 0 aliphatic carbocycles. The average molecular weight is 314 g/mol. The van der Waals surface area contributed by atoms with Gasteiger partial charge in [-0.25, -0.2) is 13.2 Å². The first-order chi connectivity index (χ1) is 9.77. The third-order valence-electron chi connectivity index (χ3n) is 3.55. The van der Waals surface area contributed by atoms with Crippen molar-refractivity contribution < 1.29 is 13.2 Å². The number of rotatable bonds is 2. The number of sulfone groups is 1. The molecular formula is C13H22N4O3S. The first-order valence-electron chi connectivity index (χ1n) is 6.99. The molecule has 0 spiro atoms. The molecule has 0 bridgehead atoms. The van der Waals surface area contributed by atoms with Crippen LogP contribution in [0.5, 0.6) is 0 Å². The van der Waals surface area contributed by atoms with Gasteiger partial charge in [0.15, 0.2) is 9.84 Å². The standard InChI is InChI=1S/C13H22N4O3S/c1-10-8-17(4-5-21(19,20)9-10)13(18)14-7-12-6-11(2)15-16(12)3/h6,10H,4-5,7-9H2,1-3H3,(H,14,18). The summed E-state index contributed by atoms with van der Waals surface area (Å²) in [5.41, 5.74) is 1.81. The molecule has 21 heavy (non-hydrogen) atoms. The van der Waals surface area contributed by atoms with E-state index < -0.39 is 9.84 Å². The normalized spacial score (nSPS) is 21.9. The Kier molecular flexibility index (Phi) is 4.55. The number of aromatic nitrogens is 2. The fourth-order valence-electron chi connectivity index (χ4n) is 2.58. The molecule has 118 valence electrons. The summed E-state index contributed by atoms with van der Waals surface area (Å²) >= 11 is 0. The Bertz CT molecular complexity index is 623. The largest absolute Gasteiger partial charge is 0.332 e. The smallest absolute Gasteiger partial charge is 0.317 e. The van der Waals surface area contributed by atoms with Crippen molar-refractivity contribution in [3.05, 3.63) is 17.5 Å². The maximum Gasteiger partial charge on any atom is 0.317 e. The summed E-state index contributed by atoms with van der Waals surface area (Å²) in [6, 6.07) is 1.69. The monoisotopic (exact) mass is 314 g/mol. The van der Waals surface area contributed by atoms with Crippen LogP contribution in [0.4, 0.5) is 4.79 Å². The van der Waals surface area contributed by atoms with Gasteiger partial charge >= 0.3 is 6.03 Å². The van der Waals surface area contributed by atoms with E-state index in [9.17, 15) is 13.2 Å². The lowest BCUT2D eigenvalue weighted by Gasteiger charge is -2.22. The van der Waals surface area contributed by atoms with E-state index in [-0.39, 0.29) is 30.0 Å². The van der Waals surface area contributed by atoms with Crippen molar-refractivity contribution in [2.45, 2.75) is 20.4 Å². The highest BCUT2D eigenvalue weighted by molar-refractivity contribution is 7.91. The second-order valence-corrected chi connectivity index (χ2v) is 7.95. The highest BCUT2D eigenvalue weighted by Gasteiger charge is 2.26. The minimum absolute atomic E-state index is 0.0373. The number of nitrogens with zero attached hydrogens (tertiary/aromatic N) is 3. The molecule has 1 aromatic rings. The maximum atomic E-state index is 12.2. The SMILES string of the molecule is Cc1cc(CNC(=O)N2CCS(=O)(=O)CC(C)C2)n(C)n1. The van der Waals surface area contributed by atoms with Crippen LogP contribution in [-0.2, 0) is 23.4 Å². The topological polar surface area (TPSA) is 84.3 Å². The van der Waals surface area contributed by atoms with Crippen LogP contribution in [0, 0.1) is 12.8 Å². The molecule has 0 saturated carbocycles. The van der Waals surface area contributed by atoms with E-state index in [1.165, 1.54) is 0 Å². The zero-order chi connectivity index (χ0) is 15.6. The fourth-order valence-corrected chi connectivity index (χ4v) is 4.22. The van der Waals surface area contributed by atoms with Gasteiger partial charge in [0.05, 0.1) is 29.4 Å². The molecular weight excluding hydrogens is 292 g/mol. The van der Waals surface area contributed by atoms with Crippen LogP contribution >= 0.6 is 0 Å². The van der Waals surface area contributed by atoms with E-state index in [4.69, 9.17) is 0 Å². The summed E-state index contributed by atoms with van der Waals surface area (Å²) in [4.78, 5) is 13.8. The van der Waals surface area contributed by atoms with Gasteiger partial charge in [-0.2, -0.15) is 5.10 Å². The maximum absolute atomic E-state index is 12.2. The third-order valence-corrected chi connectivity index (χ3v) is 5.43. The van der Waals surface area contributed by atoms with Crippen LogP contribution in [0.3, 0.4) is 0 Å². The van der Waals surface area contributed by atoms with Gasteiger partial charge in [0, 0.05) is 20.1 Å². The Morgan fingerprint density at radius 3 is 2.86 bits per heavy atom. The molecule has 0 aromatic carbocycles. The lowest BCUT2D eigenvalue weighted by atomic mass is 10.2. The average Bonchev–Trinajstić information content (AvgIpc) is 2.60. The number of aryl methyl sites for hydroxylation is 2. The van der Waals surface area contributed by atoms with Gasteiger partial charge < -0.3 is 10.2 Å². The summed E-state index contributed by atoms with van der Waals surface area (Å²) in [6.07, 6.45) is 0. The minimum Gasteiger partial charge on any atom is -0.332 e. The van der Waals surface area contributed by atoms with Crippen LogP contribution in [0.15, 0.2) is 6.07 Å². The molecule has 1 atom stereocenters.